The Kier molecular flexibility index (Phi) is 4.86. The minimum atomic E-state index is -0.113. The molecule has 0 radical (unpaired) electrons. The van der Waals surface area contributed by atoms with Crippen LogP contribution in [0.5, 0.6) is 5.75 Å². The lowest BCUT2D eigenvalue weighted by atomic mass is 9.96. The fraction of sp³-hybridized carbons (Fsp3) is 0.316. The predicted molar refractivity (Wildman–Crippen MR) is 95.4 cm³/mol. The second-order valence-corrected chi connectivity index (χ2v) is 6.59. The van der Waals surface area contributed by atoms with Crippen molar-refractivity contribution in [3.05, 3.63) is 70.6 Å². The minimum Gasteiger partial charge on any atom is -0.496 e. The molecule has 0 spiro atoms. The number of halogens is 1. The Morgan fingerprint density at radius 2 is 2.23 bits per heavy atom. The average Bonchev–Trinajstić information content (AvgIpc) is 3.32. The van der Waals surface area contributed by atoms with Gasteiger partial charge in [-0.1, -0.05) is 22.8 Å². The van der Waals surface area contributed by atoms with Crippen LogP contribution in [0.4, 0.5) is 0 Å². The standard InChI is InChI=1S/C19H18ClN3O3/c1-24-16-5-4-14(20)9-13(16)10-17-22-19(26-23-17)15-6-8-25-18(15)12-3-2-7-21-11-12/h2-5,7,9,11,15,18H,6,8,10H2,1H3/t15-,18+/m0/s1. The Hall–Kier alpha value is -2.44. The first-order valence-corrected chi connectivity index (χ1v) is 8.79. The maximum absolute atomic E-state index is 6.09. The van der Waals surface area contributed by atoms with Gasteiger partial charge in [0.2, 0.25) is 5.89 Å². The molecule has 0 saturated carbocycles. The van der Waals surface area contributed by atoms with Gasteiger partial charge in [0.15, 0.2) is 5.82 Å². The van der Waals surface area contributed by atoms with E-state index in [-0.39, 0.29) is 12.0 Å². The number of methoxy groups -OCH3 is 1. The van der Waals surface area contributed by atoms with E-state index in [0.717, 1.165) is 23.3 Å². The topological polar surface area (TPSA) is 70.3 Å². The largest absolute Gasteiger partial charge is 0.496 e. The molecule has 134 valence electrons. The van der Waals surface area contributed by atoms with E-state index in [2.05, 4.69) is 15.1 Å². The molecule has 3 heterocycles. The van der Waals surface area contributed by atoms with Crippen LogP contribution in [0.2, 0.25) is 5.02 Å². The van der Waals surface area contributed by atoms with E-state index >= 15 is 0 Å². The maximum Gasteiger partial charge on any atom is 0.232 e. The summed E-state index contributed by atoms with van der Waals surface area (Å²) in [5.74, 6) is 1.96. The Morgan fingerprint density at radius 1 is 1.31 bits per heavy atom. The van der Waals surface area contributed by atoms with Gasteiger partial charge in [0.05, 0.1) is 19.1 Å². The molecule has 26 heavy (non-hydrogen) atoms. The third kappa shape index (κ3) is 3.43. The Labute approximate surface area is 156 Å². The average molecular weight is 372 g/mol. The first-order valence-electron chi connectivity index (χ1n) is 8.41. The van der Waals surface area contributed by atoms with Crippen molar-refractivity contribution in [3.63, 3.8) is 0 Å². The van der Waals surface area contributed by atoms with Crippen LogP contribution in [0.15, 0.2) is 47.2 Å². The smallest absolute Gasteiger partial charge is 0.232 e. The molecule has 1 aliphatic rings. The zero-order chi connectivity index (χ0) is 17.9. The van der Waals surface area contributed by atoms with Crippen LogP contribution in [-0.4, -0.2) is 28.8 Å². The minimum absolute atomic E-state index is 0.0294. The summed E-state index contributed by atoms with van der Waals surface area (Å²) < 4.78 is 16.8. The van der Waals surface area contributed by atoms with Crippen molar-refractivity contribution in [2.75, 3.05) is 13.7 Å². The molecule has 3 aromatic rings. The summed E-state index contributed by atoms with van der Waals surface area (Å²) in [6.07, 6.45) is 4.77. The van der Waals surface area contributed by atoms with E-state index in [9.17, 15) is 0 Å². The number of pyridine rings is 1. The van der Waals surface area contributed by atoms with Gasteiger partial charge in [-0.15, -0.1) is 0 Å². The summed E-state index contributed by atoms with van der Waals surface area (Å²) in [4.78, 5) is 8.76. The number of nitrogens with zero attached hydrogens (tertiary/aromatic N) is 3. The van der Waals surface area contributed by atoms with Gasteiger partial charge in [-0.05, 0) is 36.2 Å². The predicted octanol–water partition coefficient (Wildman–Crippen LogP) is 3.96. The number of hydrogen-bond acceptors (Lipinski definition) is 6. The van der Waals surface area contributed by atoms with Gasteiger partial charge < -0.3 is 14.0 Å². The maximum atomic E-state index is 6.09. The van der Waals surface area contributed by atoms with Gasteiger partial charge in [0.25, 0.3) is 0 Å². The summed E-state index contributed by atoms with van der Waals surface area (Å²) in [7, 11) is 1.63. The Balaban J connectivity index is 1.56. The summed E-state index contributed by atoms with van der Waals surface area (Å²) in [5, 5.41) is 4.78. The highest BCUT2D eigenvalue weighted by Gasteiger charge is 2.35. The molecule has 1 aliphatic heterocycles. The van der Waals surface area contributed by atoms with Crippen LogP contribution in [0.1, 0.15) is 41.3 Å². The quantitative estimate of drug-likeness (QED) is 0.676. The summed E-state index contributed by atoms with van der Waals surface area (Å²) in [6, 6.07) is 9.39. The Morgan fingerprint density at radius 3 is 3.04 bits per heavy atom. The van der Waals surface area contributed by atoms with E-state index < -0.39 is 0 Å². The molecule has 0 amide bonds. The highest BCUT2D eigenvalue weighted by molar-refractivity contribution is 6.30. The number of benzene rings is 1. The van der Waals surface area contributed by atoms with Crippen molar-refractivity contribution in [2.45, 2.75) is 24.9 Å². The second-order valence-electron chi connectivity index (χ2n) is 6.15. The normalized spacial score (nSPS) is 19.6. The fourth-order valence-electron chi connectivity index (χ4n) is 3.26. The molecule has 4 rings (SSSR count). The van der Waals surface area contributed by atoms with Crippen LogP contribution in [0.3, 0.4) is 0 Å². The van der Waals surface area contributed by atoms with Gasteiger partial charge in [0.1, 0.15) is 5.75 Å². The lowest BCUT2D eigenvalue weighted by Gasteiger charge is -2.14. The number of ether oxygens (including phenoxy) is 2. The Bertz CT molecular complexity index is 885. The molecule has 0 N–H and O–H groups in total. The molecule has 0 bridgehead atoms. The van der Waals surface area contributed by atoms with Gasteiger partial charge in [-0.3, -0.25) is 4.98 Å². The molecule has 1 fully saturated rings. The van der Waals surface area contributed by atoms with Crippen molar-refractivity contribution in [3.8, 4) is 5.75 Å². The zero-order valence-corrected chi connectivity index (χ0v) is 15.0. The van der Waals surface area contributed by atoms with E-state index in [1.165, 1.54) is 0 Å². The van der Waals surface area contributed by atoms with E-state index in [0.29, 0.717) is 29.8 Å². The summed E-state index contributed by atoms with van der Waals surface area (Å²) in [5.41, 5.74) is 1.94. The van der Waals surface area contributed by atoms with Crippen molar-refractivity contribution in [1.29, 1.82) is 0 Å². The molecule has 0 aliphatic carbocycles. The van der Waals surface area contributed by atoms with Crippen LogP contribution in [0.25, 0.3) is 0 Å². The molecule has 1 aromatic carbocycles. The van der Waals surface area contributed by atoms with Gasteiger partial charge in [0, 0.05) is 36.0 Å². The number of rotatable bonds is 5. The third-order valence-corrected chi connectivity index (χ3v) is 4.73. The molecule has 0 unspecified atom stereocenters. The van der Waals surface area contributed by atoms with Crippen LogP contribution >= 0.6 is 11.6 Å². The number of hydrogen-bond donors (Lipinski definition) is 0. The highest BCUT2D eigenvalue weighted by Crippen LogP contribution is 2.40. The monoisotopic (exact) mass is 371 g/mol. The lowest BCUT2D eigenvalue weighted by Crippen LogP contribution is -2.07. The van der Waals surface area contributed by atoms with Crippen molar-refractivity contribution in [2.24, 2.45) is 0 Å². The first kappa shape index (κ1) is 17.0. The highest BCUT2D eigenvalue weighted by atomic mass is 35.5. The lowest BCUT2D eigenvalue weighted by molar-refractivity contribution is 0.0983. The van der Waals surface area contributed by atoms with Crippen LogP contribution < -0.4 is 4.74 Å². The number of aromatic nitrogens is 3. The molecule has 6 nitrogen and oxygen atoms in total. The van der Waals surface area contributed by atoms with Crippen molar-refractivity contribution in [1.82, 2.24) is 15.1 Å². The zero-order valence-electron chi connectivity index (χ0n) is 14.3. The van der Waals surface area contributed by atoms with Crippen LogP contribution in [0, 0.1) is 0 Å². The SMILES string of the molecule is COc1ccc(Cl)cc1Cc1noc([C@H]2CCO[C@@H]2c2cccnc2)n1. The first-order chi connectivity index (χ1) is 12.7. The van der Waals surface area contributed by atoms with Crippen molar-refractivity contribution < 1.29 is 14.0 Å². The van der Waals surface area contributed by atoms with E-state index in [1.54, 1.807) is 19.4 Å². The van der Waals surface area contributed by atoms with Crippen molar-refractivity contribution >= 4 is 11.6 Å². The second kappa shape index (κ2) is 7.43. The third-order valence-electron chi connectivity index (χ3n) is 4.50. The molecule has 2 atom stereocenters. The molecule has 1 saturated heterocycles. The molecular weight excluding hydrogens is 354 g/mol. The van der Waals surface area contributed by atoms with E-state index in [1.807, 2.05) is 30.5 Å². The molecular formula is C19H18ClN3O3. The molecule has 7 heteroatoms. The van der Waals surface area contributed by atoms with Crippen LogP contribution in [-0.2, 0) is 11.2 Å². The fourth-order valence-corrected chi connectivity index (χ4v) is 3.46. The van der Waals surface area contributed by atoms with Gasteiger partial charge in [-0.2, -0.15) is 4.98 Å². The van der Waals surface area contributed by atoms with Gasteiger partial charge in [-0.25, -0.2) is 0 Å². The summed E-state index contributed by atoms with van der Waals surface area (Å²) >= 11 is 6.09. The van der Waals surface area contributed by atoms with E-state index in [4.69, 9.17) is 25.6 Å². The molecule has 2 aromatic heterocycles. The summed E-state index contributed by atoms with van der Waals surface area (Å²) in [6.45, 7) is 0.657. The van der Waals surface area contributed by atoms with Gasteiger partial charge >= 0.3 is 0 Å².